The SMILES string of the molecule is CC1CCCC(Nc2ccncc2)C1. The summed E-state index contributed by atoms with van der Waals surface area (Å²) in [6.07, 6.45) is 9.07. The van der Waals surface area contributed by atoms with Crippen LogP contribution in [0.2, 0.25) is 0 Å². The molecule has 1 N–H and O–H groups in total. The first-order chi connectivity index (χ1) is 6.84. The minimum absolute atomic E-state index is 0.668. The molecule has 0 spiro atoms. The van der Waals surface area contributed by atoms with E-state index >= 15 is 0 Å². The van der Waals surface area contributed by atoms with E-state index in [4.69, 9.17) is 0 Å². The molecule has 1 aliphatic carbocycles. The van der Waals surface area contributed by atoms with Crippen molar-refractivity contribution >= 4 is 5.69 Å². The average Bonchev–Trinajstić information content (AvgIpc) is 2.19. The van der Waals surface area contributed by atoms with E-state index in [1.54, 1.807) is 0 Å². The third-order valence-electron chi connectivity index (χ3n) is 2.99. The normalized spacial score (nSPS) is 27.2. The molecule has 2 heteroatoms. The average molecular weight is 190 g/mol. The van der Waals surface area contributed by atoms with Crippen LogP contribution in [0.3, 0.4) is 0 Å². The largest absolute Gasteiger partial charge is 0.382 e. The van der Waals surface area contributed by atoms with Gasteiger partial charge in [0.1, 0.15) is 0 Å². The van der Waals surface area contributed by atoms with Gasteiger partial charge in [-0.25, -0.2) is 0 Å². The molecule has 76 valence electrons. The van der Waals surface area contributed by atoms with Gasteiger partial charge in [0, 0.05) is 24.1 Å². The van der Waals surface area contributed by atoms with Crippen LogP contribution in [0.15, 0.2) is 24.5 Å². The van der Waals surface area contributed by atoms with Crippen LogP contribution in [0.5, 0.6) is 0 Å². The summed E-state index contributed by atoms with van der Waals surface area (Å²) in [5.41, 5.74) is 1.21. The maximum absolute atomic E-state index is 4.01. The molecule has 1 aromatic rings. The fourth-order valence-electron chi connectivity index (χ4n) is 2.25. The van der Waals surface area contributed by atoms with E-state index in [-0.39, 0.29) is 0 Å². The molecule has 2 unspecified atom stereocenters. The molecule has 2 nitrogen and oxygen atoms in total. The molecule has 0 aliphatic heterocycles. The summed E-state index contributed by atoms with van der Waals surface area (Å²) in [7, 11) is 0. The Bertz CT molecular complexity index is 271. The molecular formula is C12H18N2. The second-order valence-electron chi connectivity index (χ2n) is 4.35. The molecule has 1 saturated carbocycles. The minimum atomic E-state index is 0.668. The van der Waals surface area contributed by atoms with E-state index in [1.807, 2.05) is 24.5 Å². The van der Waals surface area contributed by atoms with Crippen molar-refractivity contribution in [3.8, 4) is 0 Å². The third-order valence-corrected chi connectivity index (χ3v) is 2.99. The fraction of sp³-hybridized carbons (Fsp3) is 0.583. The van der Waals surface area contributed by atoms with Crippen LogP contribution in [-0.4, -0.2) is 11.0 Å². The second-order valence-corrected chi connectivity index (χ2v) is 4.35. The van der Waals surface area contributed by atoms with Gasteiger partial charge in [0.2, 0.25) is 0 Å². The van der Waals surface area contributed by atoms with E-state index in [0.717, 1.165) is 5.92 Å². The summed E-state index contributed by atoms with van der Waals surface area (Å²) >= 11 is 0. The maximum Gasteiger partial charge on any atom is 0.0373 e. The molecule has 14 heavy (non-hydrogen) atoms. The Hall–Kier alpha value is -1.05. The smallest absolute Gasteiger partial charge is 0.0373 e. The van der Waals surface area contributed by atoms with Crippen molar-refractivity contribution in [3.05, 3.63) is 24.5 Å². The van der Waals surface area contributed by atoms with Crippen molar-refractivity contribution in [1.29, 1.82) is 0 Å². The molecule has 0 amide bonds. The van der Waals surface area contributed by atoms with Crippen molar-refractivity contribution in [3.63, 3.8) is 0 Å². The van der Waals surface area contributed by atoms with Gasteiger partial charge in [-0.15, -0.1) is 0 Å². The summed E-state index contributed by atoms with van der Waals surface area (Å²) in [6.45, 7) is 2.35. The van der Waals surface area contributed by atoms with E-state index in [0.29, 0.717) is 6.04 Å². The Morgan fingerprint density at radius 3 is 2.79 bits per heavy atom. The number of nitrogens with one attached hydrogen (secondary N) is 1. The van der Waals surface area contributed by atoms with Gasteiger partial charge in [-0.2, -0.15) is 0 Å². The highest BCUT2D eigenvalue weighted by molar-refractivity contribution is 5.41. The van der Waals surface area contributed by atoms with Crippen molar-refractivity contribution in [2.24, 2.45) is 5.92 Å². The predicted octanol–water partition coefficient (Wildman–Crippen LogP) is 3.07. The van der Waals surface area contributed by atoms with E-state index in [1.165, 1.54) is 31.4 Å². The van der Waals surface area contributed by atoms with Crippen molar-refractivity contribution < 1.29 is 0 Å². The Morgan fingerprint density at radius 1 is 1.29 bits per heavy atom. The van der Waals surface area contributed by atoms with Crippen LogP contribution in [0, 0.1) is 5.92 Å². The number of hydrogen-bond donors (Lipinski definition) is 1. The first kappa shape index (κ1) is 9.50. The molecule has 0 saturated heterocycles. The Labute approximate surface area is 85.7 Å². The summed E-state index contributed by atoms with van der Waals surface area (Å²) in [4.78, 5) is 4.01. The van der Waals surface area contributed by atoms with Crippen LogP contribution in [0.4, 0.5) is 5.69 Å². The number of anilines is 1. The Morgan fingerprint density at radius 2 is 2.07 bits per heavy atom. The molecule has 1 fully saturated rings. The van der Waals surface area contributed by atoms with Gasteiger partial charge >= 0.3 is 0 Å². The zero-order valence-electron chi connectivity index (χ0n) is 8.74. The molecule has 1 aliphatic rings. The lowest BCUT2D eigenvalue weighted by molar-refractivity contribution is 0.358. The number of pyridine rings is 1. The topological polar surface area (TPSA) is 24.9 Å². The predicted molar refractivity (Wildman–Crippen MR) is 59.3 cm³/mol. The lowest BCUT2D eigenvalue weighted by Crippen LogP contribution is -2.26. The van der Waals surface area contributed by atoms with Crippen LogP contribution in [0.1, 0.15) is 32.6 Å². The van der Waals surface area contributed by atoms with Crippen LogP contribution in [-0.2, 0) is 0 Å². The highest BCUT2D eigenvalue weighted by Gasteiger charge is 2.18. The minimum Gasteiger partial charge on any atom is -0.382 e. The lowest BCUT2D eigenvalue weighted by atomic mass is 9.87. The van der Waals surface area contributed by atoms with Gasteiger partial charge in [0.15, 0.2) is 0 Å². The zero-order chi connectivity index (χ0) is 9.80. The van der Waals surface area contributed by atoms with Gasteiger partial charge in [0.25, 0.3) is 0 Å². The van der Waals surface area contributed by atoms with E-state index < -0.39 is 0 Å². The molecule has 1 aromatic heterocycles. The Balaban J connectivity index is 1.91. The molecular weight excluding hydrogens is 172 g/mol. The van der Waals surface area contributed by atoms with E-state index in [9.17, 15) is 0 Å². The monoisotopic (exact) mass is 190 g/mol. The molecule has 0 aromatic carbocycles. The highest BCUT2D eigenvalue weighted by Crippen LogP contribution is 2.25. The van der Waals surface area contributed by atoms with Gasteiger partial charge < -0.3 is 5.32 Å². The number of aromatic nitrogens is 1. The summed E-state index contributed by atoms with van der Waals surface area (Å²) in [5, 5.41) is 3.57. The van der Waals surface area contributed by atoms with Crippen LogP contribution in [0.25, 0.3) is 0 Å². The fourth-order valence-corrected chi connectivity index (χ4v) is 2.25. The summed E-state index contributed by atoms with van der Waals surface area (Å²) in [6, 6.07) is 4.75. The first-order valence-corrected chi connectivity index (χ1v) is 5.51. The maximum atomic E-state index is 4.01. The molecule has 0 bridgehead atoms. The first-order valence-electron chi connectivity index (χ1n) is 5.51. The van der Waals surface area contributed by atoms with Crippen molar-refractivity contribution in [2.45, 2.75) is 38.6 Å². The van der Waals surface area contributed by atoms with Gasteiger partial charge in [0.05, 0.1) is 0 Å². The molecule has 1 heterocycles. The standard InChI is InChI=1S/C12H18N2/c1-10-3-2-4-12(9-10)14-11-5-7-13-8-6-11/h5-8,10,12H,2-4,9H2,1H3,(H,13,14). The highest BCUT2D eigenvalue weighted by atomic mass is 14.9. The second kappa shape index (κ2) is 4.45. The van der Waals surface area contributed by atoms with Gasteiger partial charge in [-0.05, 0) is 30.9 Å². The third kappa shape index (κ3) is 2.47. The molecule has 2 atom stereocenters. The van der Waals surface area contributed by atoms with E-state index in [2.05, 4.69) is 17.2 Å². The number of hydrogen-bond acceptors (Lipinski definition) is 2. The van der Waals surface area contributed by atoms with Crippen LogP contribution < -0.4 is 5.32 Å². The Kier molecular flexibility index (Phi) is 3.02. The van der Waals surface area contributed by atoms with Gasteiger partial charge in [-0.1, -0.05) is 19.8 Å². The van der Waals surface area contributed by atoms with Gasteiger partial charge in [-0.3, -0.25) is 4.98 Å². The summed E-state index contributed by atoms with van der Waals surface area (Å²) in [5.74, 6) is 0.878. The number of nitrogens with zero attached hydrogens (tertiary/aromatic N) is 1. The lowest BCUT2D eigenvalue weighted by Gasteiger charge is -2.28. The molecule has 0 radical (unpaired) electrons. The zero-order valence-corrected chi connectivity index (χ0v) is 8.74. The quantitative estimate of drug-likeness (QED) is 0.775. The summed E-state index contributed by atoms with van der Waals surface area (Å²) < 4.78 is 0. The number of rotatable bonds is 2. The van der Waals surface area contributed by atoms with Crippen molar-refractivity contribution in [1.82, 2.24) is 4.98 Å². The van der Waals surface area contributed by atoms with Crippen LogP contribution >= 0.6 is 0 Å². The van der Waals surface area contributed by atoms with Crippen molar-refractivity contribution in [2.75, 3.05) is 5.32 Å². The molecule has 2 rings (SSSR count).